The smallest absolute Gasteiger partial charge is 0.267 e. The maximum atomic E-state index is 14.0. The molecule has 0 aliphatic carbocycles. The third-order valence-corrected chi connectivity index (χ3v) is 5.68. The standard InChI is InChI=1S/C22H17ClFN5O/c23-17-6-2-7-18-20(17)22(30)29(15-5-1-4-14(24)10-15)21(27-18)19-8-3-9-28(19)16-11-25-13-26-12-16/h1-2,4-7,10-13,19H,3,8-9H2/t19-/m0/s1. The number of hydrogen-bond donors (Lipinski definition) is 0. The molecule has 0 radical (unpaired) electrons. The van der Waals surface area contributed by atoms with Crippen LogP contribution in [-0.4, -0.2) is 26.1 Å². The molecule has 30 heavy (non-hydrogen) atoms. The Morgan fingerprint density at radius 3 is 2.67 bits per heavy atom. The average molecular weight is 422 g/mol. The third-order valence-electron chi connectivity index (χ3n) is 5.37. The number of fused-ring (bicyclic) bond motifs is 1. The van der Waals surface area contributed by atoms with Crippen LogP contribution in [0.25, 0.3) is 16.6 Å². The highest BCUT2D eigenvalue weighted by atomic mass is 35.5. The van der Waals surface area contributed by atoms with E-state index in [2.05, 4.69) is 14.9 Å². The molecular formula is C22H17ClFN5O. The van der Waals surface area contributed by atoms with Gasteiger partial charge in [-0.2, -0.15) is 0 Å². The second kappa shape index (κ2) is 7.50. The van der Waals surface area contributed by atoms with Crippen LogP contribution in [0.1, 0.15) is 24.7 Å². The Kier molecular flexibility index (Phi) is 4.67. The van der Waals surface area contributed by atoms with Crippen molar-refractivity contribution in [1.29, 1.82) is 0 Å². The number of anilines is 1. The average Bonchev–Trinajstić information content (AvgIpc) is 3.24. The number of halogens is 2. The van der Waals surface area contributed by atoms with Gasteiger partial charge in [0, 0.05) is 6.54 Å². The fourth-order valence-electron chi connectivity index (χ4n) is 4.08. The van der Waals surface area contributed by atoms with E-state index in [4.69, 9.17) is 16.6 Å². The first-order chi connectivity index (χ1) is 14.6. The van der Waals surface area contributed by atoms with Crippen LogP contribution in [0.2, 0.25) is 5.02 Å². The molecule has 0 N–H and O–H groups in total. The van der Waals surface area contributed by atoms with Gasteiger partial charge in [-0.25, -0.2) is 19.3 Å². The van der Waals surface area contributed by atoms with Crippen LogP contribution < -0.4 is 10.5 Å². The molecule has 150 valence electrons. The normalized spacial score (nSPS) is 16.3. The van der Waals surface area contributed by atoms with Gasteiger partial charge >= 0.3 is 0 Å². The van der Waals surface area contributed by atoms with E-state index in [9.17, 15) is 9.18 Å². The van der Waals surface area contributed by atoms with Crippen molar-refractivity contribution in [2.75, 3.05) is 11.4 Å². The fraction of sp³-hybridized carbons (Fsp3) is 0.182. The molecule has 2 aromatic carbocycles. The number of nitrogens with zero attached hydrogens (tertiary/aromatic N) is 5. The van der Waals surface area contributed by atoms with E-state index in [-0.39, 0.29) is 11.6 Å². The molecule has 1 aliphatic rings. The zero-order chi connectivity index (χ0) is 20.7. The van der Waals surface area contributed by atoms with Crippen LogP contribution in [0.5, 0.6) is 0 Å². The molecule has 6 nitrogen and oxygen atoms in total. The predicted octanol–water partition coefficient (Wildman–Crippen LogP) is 4.31. The summed E-state index contributed by atoms with van der Waals surface area (Å²) in [6, 6.07) is 11.0. The van der Waals surface area contributed by atoms with E-state index in [1.54, 1.807) is 42.7 Å². The van der Waals surface area contributed by atoms with Crippen molar-refractivity contribution in [3.63, 3.8) is 0 Å². The highest BCUT2D eigenvalue weighted by molar-refractivity contribution is 6.35. The molecule has 0 unspecified atom stereocenters. The van der Waals surface area contributed by atoms with Crippen molar-refractivity contribution in [3.05, 3.63) is 88.2 Å². The molecule has 0 spiro atoms. The molecule has 0 amide bonds. The van der Waals surface area contributed by atoms with E-state index >= 15 is 0 Å². The minimum Gasteiger partial charge on any atom is -0.359 e. The maximum absolute atomic E-state index is 14.0. The molecule has 3 heterocycles. The molecule has 1 aliphatic heterocycles. The van der Waals surface area contributed by atoms with Crippen molar-refractivity contribution in [1.82, 2.24) is 19.5 Å². The Bertz CT molecular complexity index is 1290. The van der Waals surface area contributed by atoms with Gasteiger partial charge in [0.05, 0.1) is 45.7 Å². The van der Waals surface area contributed by atoms with Gasteiger partial charge in [0.25, 0.3) is 5.56 Å². The van der Waals surface area contributed by atoms with Gasteiger partial charge in [0.1, 0.15) is 18.0 Å². The Hall–Kier alpha value is -3.32. The first kappa shape index (κ1) is 18.7. The number of aromatic nitrogens is 4. The third kappa shape index (κ3) is 3.11. The minimum atomic E-state index is -0.427. The van der Waals surface area contributed by atoms with Crippen molar-refractivity contribution < 1.29 is 4.39 Å². The Balaban J connectivity index is 1.79. The SMILES string of the molecule is O=c1c2c(Cl)cccc2nc([C@@H]2CCCN2c2cncnc2)n1-c1cccc(F)c1. The molecule has 4 aromatic rings. The predicted molar refractivity (Wildman–Crippen MR) is 114 cm³/mol. The first-order valence-corrected chi connectivity index (χ1v) is 10.00. The van der Waals surface area contributed by atoms with Crippen LogP contribution in [0.15, 0.2) is 66.0 Å². The van der Waals surface area contributed by atoms with E-state index in [1.807, 2.05) is 0 Å². The van der Waals surface area contributed by atoms with Crippen LogP contribution in [0.3, 0.4) is 0 Å². The lowest BCUT2D eigenvalue weighted by atomic mass is 10.1. The second-order valence-electron chi connectivity index (χ2n) is 7.17. The fourth-order valence-corrected chi connectivity index (χ4v) is 4.33. The van der Waals surface area contributed by atoms with Crippen LogP contribution in [0, 0.1) is 5.82 Å². The van der Waals surface area contributed by atoms with Crippen LogP contribution >= 0.6 is 11.6 Å². The summed E-state index contributed by atoms with van der Waals surface area (Å²) in [5, 5.41) is 0.640. The van der Waals surface area contributed by atoms with Crippen molar-refractivity contribution >= 4 is 28.2 Å². The lowest BCUT2D eigenvalue weighted by Gasteiger charge is -2.28. The molecule has 2 aromatic heterocycles. The quantitative estimate of drug-likeness (QED) is 0.493. The maximum Gasteiger partial charge on any atom is 0.267 e. The minimum absolute atomic E-state index is 0.185. The number of hydrogen-bond acceptors (Lipinski definition) is 5. The summed E-state index contributed by atoms with van der Waals surface area (Å²) in [6.07, 6.45) is 6.68. The molecule has 1 saturated heterocycles. The van der Waals surface area contributed by atoms with Gasteiger partial charge in [-0.15, -0.1) is 0 Å². The molecular weight excluding hydrogens is 405 g/mol. The summed E-state index contributed by atoms with van der Waals surface area (Å²) < 4.78 is 15.5. The van der Waals surface area contributed by atoms with Crippen LogP contribution in [-0.2, 0) is 0 Å². The second-order valence-corrected chi connectivity index (χ2v) is 7.58. The highest BCUT2D eigenvalue weighted by Crippen LogP contribution is 2.36. The monoisotopic (exact) mass is 421 g/mol. The summed E-state index contributed by atoms with van der Waals surface area (Å²) in [6.45, 7) is 0.782. The summed E-state index contributed by atoms with van der Waals surface area (Å²) >= 11 is 6.34. The molecule has 0 bridgehead atoms. The lowest BCUT2D eigenvalue weighted by Crippen LogP contribution is -2.31. The van der Waals surface area contributed by atoms with Crippen LogP contribution in [0.4, 0.5) is 10.1 Å². The zero-order valence-corrected chi connectivity index (χ0v) is 16.6. The van der Waals surface area contributed by atoms with E-state index in [0.29, 0.717) is 27.4 Å². The van der Waals surface area contributed by atoms with Crippen molar-refractivity contribution in [2.24, 2.45) is 0 Å². The Morgan fingerprint density at radius 1 is 1.07 bits per heavy atom. The van der Waals surface area contributed by atoms with Gasteiger partial charge in [0.15, 0.2) is 0 Å². The molecule has 0 saturated carbocycles. The van der Waals surface area contributed by atoms with Gasteiger partial charge in [-0.3, -0.25) is 9.36 Å². The number of rotatable bonds is 3. The molecule has 1 atom stereocenters. The topological polar surface area (TPSA) is 63.9 Å². The zero-order valence-electron chi connectivity index (χ0n) is 15.9. The Morgan fingerprint density at radius 2 is 1.87 bits per heavy atom. The largest absolute Gasteiger partial charge is 0.359 e. The summed E-state index contributed by atoms with van der Waals surface area (Å²) in [4.78, 5) is 28.8. The first-order valence-electron chi connectivity index (χ1n) is 9.62. The molecule has 8 heteroatoms. The van der Waals surface area contributed by atoms with Gasteiger partial charge in [-0.1, -0.05) is 23.7 Å². The van der Waals surface area contributed by atoms with Crippen molar-refractivity contribution in [3.8, 4) is 5.69 Å². The molecule has 1 fully saturated rings. The van der Waals surface area contributed by atoms with Gasteiger partial charge in [0.2, 0.25) is 0 Å². The highest BCUT2D eigenvalue weighted by Gasteiger charge is 2.31. The summed E-state index contributed by atoms with van der Waals surface area (Å²) in [5.41, 5.74) is 1.47. The van der Waals surface area contributed by atoms with Crippen molar-refractivity contribution in [2.45, 2.75) is 18.9 Å². The summed E-state index contributed by atoms with van der Waals surface area (Å²) in [5.74, 6) is 0.117. The lowest BCUT2D eigenvalue weighted by molar-refractivity contribution is 0.617. The van der Waals surface area contributed by atoms with Gasteiger partial charge in [-0.05, 0) is 43.2 Å². The Labute approximate surface area is 176 Å². The summed E-state index contributed by atoms with van der Waals surface area (Å²) in [7, 11) is 0. The van der Waals surface area contributed by atoms with E-state index in [1.165, 1.54) is 23.0 Å². The number of benzene rings is 2. The molecule has 5 rings (SSSR count). The van der Waals surface area contributed by atoms with E-state index < -0.39 is 5.82 Å². The van der Waals surface area contributed by atoms with E-state index in [0.717, 1.165) is 25.1 Å². The van der Waals surface area contributed by atoms with Gasteiger partial charge < -0.3 is 4.90 Å².